The van der Waals surface area contributed by atoms with E-state index < -0.39 is 13.0 Å². The molecule has 0 radical (unpaired) electrons. The van der Waals surface area contributed by atoms with Crippen LogP contribution >= 0.6 is 0 Å². The van der Waals surface area contributed by atoms with Crippen LogP contribution in [0.1, 0.15) is 23.4 Å². The van der Waals surface area contributed by atoms with E-state index in [1.807, 2.05) is 0 Å². The number of nitrogens with two attached hydrogens (primary N) is 1. The topological polar surface area (TPSA) is 59.1 Å². The Hall–Kier alpha value is -1.23. The summed E-state index contributed by atoms with van der Waals surface area (Å²) >= 11 is 0. The monoisotopic (exact) mass is 188 g/mol. The van der Waals surface area contributed by atoms with Crippen LogP contribution in [0.25, 0.3) is 0 Å². The molecular weight excluding hydrogens is 178 g/mol. The van der Waals surface area contributed by atoms with E-state index in [4.69, 9.17) is 10.8 Å². The average Bonchev–Trinajstić information content (AvgIpc) is 2.08. The van der Waals surface area contributed by atoms with Crippen LogP contribution in [0.3, 0.4) is 0 Å². The Labute approximate surface area is 74.2 Å². The van der Waals surface area contributed by atoms with Gasteiger partial charge in [-0.15, -0.1) is 0 Å². The number of aliphatic hydroxyl groups is 1. The highest BCUT2D eigenvalue weighted by molar-refractivity contribution is 5.51. The SMILES string of the molecule is Cc1cc(C(F)F)c(N)c(CO)n1. The lowest BCUT2D eigenvalue weighted by Crippen LogP contribution is -2.04. The van der Waals surface area contributed by atoms with Gasteiger partial charge in [0.2, 0.25) is 0 Å². The molecule has 0 atom stereocenters. The third kappa shape index (κ3) is 1.92. The molecule has 0 unspecified atom stereocenters. The van der Waals surface area contributed by atoms with Crippen molar-refractivity contribution in [3.8, 4) is 0 Å². The van der Waals surface area contributed by atoms with Crippen LogP contribution in [0.15, 0.2) is 6.07 Å². The molecule has 0 aliphatic rings. The fourth-order valence-electron chi connectivity index (χ4n) is 1.08. The van der Waals surface area contributed by atoms with E-state index in [1.54, 1.807) is 6.92 Å². The quantitative estimate of drug-likeness (QED) is 0.737. The number of hydrogen-bond donors (Lipinski definition) is 2. The summed E-state index contributed by atoms with van der Waals surface area (Å²) in [5.41, 5.74) is 5.50. The minimum absolute atomic E-state index is 0.107. The Kier molecular flexibility index (Phi) is 2.77. The maximum Gasteiger partial charge on any atom is 0.265 e. The van der Waals surface area contributed by atoms with E-state index in [-0.39, 0.29) is 16.9 Å². The molecule has 72 valence electrons. The van der Waals surface area contributed by atoms with Crippen molar-refractivity contribution in [2.75, 3.05) is 5.73 Å². The standard InChI is InChI=1S/C8H10F2N2O/c1-4-2-5(8(9)10)7(11)6(3-13)12-4/h2,8,13H,3,11H2,1H3. The summed E-state index contributed by atoms with van der Waals surface area (Å²) in [7, 11) is 0. The summed E-state index contributed by atoms with van der Waals surface area (Å²) in [5, 5.41) is 8.76. The van der Waals surface area contributed by atoms with Crippen LogP contribution in [0, 0.1) is 6.92 Å². The van der Waals surface area contributed by atoms with Crippen molar-refractivity contribution < 1.29 is 13.9 Å². The van der Waals surface area contributed by atoms with Crippen LogP contribution in [0.2, 0.25) is 0 Å². The Morgan fingerprint density at radius 3 is 2.69 bits per heavy atom. The average molecular weight is 188 g/mol. The van der Waals surface area contributed by atoms with Crippen molar-refractivity contribution in [3.63, 3.8) is 0 Å². The fourth-order valence-corrected chi connectivity index (χ4v) is 1.08. The maximum atomic E-state index is 12.3. The molecule has 0 amide bonds. The lowest BCUT2D eigenvalue weighted by Gasteiger charge is -2.09. The van der Waals surface area contributed by atoms with Gasteiger partial charge in [0, 0.05) is 11.3 Å². The third-order valence-electron chi connectivity index (χ3n) is 1.68. The van der Waals surface area contributed by atoms with Gasteiger partial charge in [-0.3, -0.25) is 4.98 Å². The first-order valence-corrected chi connectivity index (χ1v) is 3.71. The highest BCUT2D eigenvalue weighted by Crippen LogP contribution is 2.27. The molecule has 3 nitrogen and oxygen atoms in total. The molecule has 0 saturated heterocycles. The Bertz CT molecular complexity index is 315. The zero-order valence-corrected chi connectivity index (χ0v) is 7.09. The minimum atomic E-state index is -2.63. The fraction of sp³-hybridized carbons (Fsp3) is 0.375. The third-order valence-corrected chi connectivity index (χ3v) is 1.68. The molecule has 1 rings (SSSR count). The summed E-state index contributed by atoms with van der Waals surface area (Å²) in [5.74, 6) is 0. The summed E-state index contributed by atoms with van der Waals surface area (Å²) < 4.78 is 24.7. The van der Waals surface area contributed by atoms with Crippen molar-refractivity contribution in [3.05, 3.63) is 23.0 Å². The van der Waals surface area contributed by atoms with Gasteiger partial charge >= 0.3 is 0 Å². The number of halogens is 2. The Balaban J connectivity index is 3.27. The number of aromatic nitrogens is 1. The molecule has 3 N–H and O–H groups in total. The van der Waals surface area contributed by atoms with Gasteiger partial charge in [0.1, 0.15) is 0 Å². The number of nitrogen functional groups attached to an aromatic ring is 1. The number of rotatable bonds is 2. The first-order valence-electron chi connectivity index (χ1n) is 3.71. The van der Waals surface area contributed by atoms with E-state index in [0.717, 1.165) is 0 Å². The van der Waals surface area contributed by atoms with E-state index in [0.29, 0.717) is 5.69 Å². The van der Waals surface area contributed by atoms with E-state index in [2.05, 4.69) is 4.98 Å². The summed E-state index contributed by atoms with van der Waals surface area (Å²) in [6.45, 7) is 1.15. The van der Waals surface area contributed by atoms with E-state index in [9.17, 15) is 8.78 Å². The molecule has 0 aromatic carbocycles. The number of hydrogen-bond acceptors (Lipinski definition) is 3. The molecule has 0 spiro atoms. The largest absolute Gasteiger partial charge is 0.397 e. The molecule has 1 heterocycles. The zero-order valence-electron chi connectivity index (χ0n) is 7.09. The number of aliphatic hydroxyl groups excluding tert-OH is 1. The molecule has 1 aromatic rings. The first kappa shape index (κ1) is 9.85. The molecule has 0 saturated carbocycles. The van der Waals surface area contributed by atoms with Gasteiger partial charge in [0.15, 0.2) is 0 Å². The normalized spacial score (nSPS) is 10.8. The lowest BCUT2D eigenvalue weighted by atomic mass is 10.1. The molecule has 0 bridgehead atoms. The van der Waals surface area contributed by atoms with Crippen molar-refractivity contribution in [2.45, 2.75) is 20.0 Å². The summed E-state index contributed by atoms with van der Waals surface area (Å²) in [6, 6.07) is 1.22. The zero-order chi connectivity index (χ0) is 10.0. The van der Waals surface area contributed by atoms with Gasteiger partial charge in [-0.1, -0.05) is 0 Å². The van der Waals surface area contributed by atoms with Gasteiger partial charge in [0.25, 0.3) is 6.43 Å². The van der Waals surface area contributed by atoms with Gasteiger partial charge in [0.05, 0.1) is 18.0 Å². The van der Waals surface area contributed by atoms with Crippen molar-refractivity contribution in [1.29, 1.82) is 0 Å². The van der Waals surface area contributed by atoms with Crippen molar-refractivity contribution in [2.24, 2.45) is 0 Å². The maximum absolute atomic E-state index is 12.3. The van der Waals surface area contributed by atoms with Gasteiger partial charge in [-0.2, -0.15) is 0 Å². The Morgan fingerprint density at radius 1 is 1.62 bits per heavy atom. The van der Waals surface area contributed by atoms with E-state index in [1.165, 1.54) is 6.07 Å². The number of alkyl halides is 2. The molecule has 5 heteroatoms. The van der Waals surface area contributed by atoms with Crippen molar-refractivity contribution in [1.82, 2.24) is 4.98 Å². The molecule has 1 aromatic heterocycles. The molecule has 0 aliphatic heterocycles. The number of aryl methyl sites for hydroxylation is 1. The molecule has 0 fully saturated rings. The highest BCUT2D eigenvalue weighted by atomic mass is 19.3. The first-order chi connectivity index (χ1) is 6.06. The van der Waals surface area contributed by atoms with Crippen LogP contribution < -0.4 is 5.73 Å². The van der Waals surface area contributed by atoms with Crippen LogP contribution in [-0.2, 0) is 6.61 Å². The second kappa shape index (κ2) is 3.66. The Morgan fingerprint density at radius 2 is 2.23 bits per heavy atom. The van der Waals surface area contributed by atoms with Crippen LogP contribution in [0.4, 0.5) is 14.5 Å². The highest BCUT2D eigenvalue weighted by Gasteiger charge is 2.15. The summed E-state index contributed by atoms with van der Waals surface area (Å²) in [4.78, 5) is 3.83. The second-order valence-electron chi connectivity index (χ2n) is 2.67. The molecular formula is C8H10F2N2O. The van der Waals surface area contributed by atoms with Gasteiger partial charge in [-0.05, 0) is 13.0 Å². The smallest absolute Gasteiger partial charge is 0.265 e. The molecule has 13 heavy (non-hydrogen) atoms. The van der Waals surface area contributed by atoms with Crippen LogP contribution in [-0.4, -0.2) is 10.1 Å². The number of nitrogens with zero attached hydrogens (tertiary/aromatic N) is 1. The lowest BCUT2D eigenvalue weighted by molar-refractivity contribution is 0.151. The van der Waals surface area contributed by atoms with Gasteiger partial charge < -0.3 is 10.8 Å². The number of pyridine rings is 1. The summed E-state index contributed by atoms with van der Waals surface area (Å²) in [6.07, 6.45) is -2.63. The molecule has 0 aliphatic carbocycles. The van der Waals surface area contributed by atoms with Crippen molar-refractivity contribution >= 4 is 5.69 Å². The van der Waals surface area contributed by atoms with Gasteiger partial charge in [-0.25, -0.2) is 8.78 Å². The predicted octanol–water partition coefficient (Wildman–Crippen LogP) is 1.40. The number of anilines is 1. The predicted molar refractivity (Wildman–Crippen MR) is 44.3 cm³/mol. The van der Waals surface area contributed by atoms with Crippen LogP contribution in [0.5, 0.6) is 0 Å². The minimum Gasteiger partial charge on any atom is -0.397 e. The second-order valence-corrected chi connectivity index (χ2v) is 2.67. The van der Waals surface area contributed by atoms with E-state index >= 15 is 0 Å².